The maximum Gasteiger partial charge on any atom is 0.0999 e. The number of anilines is 2. The normalized spacial score (nSPS) is 14.6. The maximum atomic E-state index is 9.38. The highest BCUT2D eigenvalue weighted by molar-refractivity contribution is 6.10. The van der Waals surface area contributed by atoms with Crippen LogP contribution in [0.15, 0.2) is 18.3 Å². The molecule has 104 valence electrons. The first-order chi connectivity index (χ1) is 9.62. The molecule has 0 aromatic heterocycles. The molecule has 1 aliphatic rings. The third-order valence-corrected chi connectivity index (χ3v) is 3.59. The summed E-state index contributed by atoms with van der Waals surface area (Å²) >= 11 is 0. The number of allylic oxidation sites excluding steroid dienone is 1. The molecule has 0 fully saturated rings. The minimum absolute atomic E-state index is 0.593. The predicted octanol–water partition coefficient (Wildman–Crippen LogP) is 1.65. The molecule has 20 heavy (non-hydrogen) atoms. The highest BCUT2D eigenvalue weighted by Crippen LogP contribution is 2.35. The largest absolute Gasteiger partial charge is 0.393 e. The number of likely N-dealkylation sites (N-methyl/N-ethyl adjacent to an activating group) is 2. The van der Waals surface area contributed by atoms with Gasteiger partial charge in [-0.2, -0.15) is 5.26 Å². The van der Waals surface area contributed by atoms with Crippen molar-refractivity contribution in [1.82, 2.24) is 5.32 Å². The fourth-order valence-electron chi connectivity index (χ4n) is 2.41. The quantitative estimate of drug-likeness (QED) is 0.819. The van der Waals surface area contributed by atoms with Gasteiger partial charge in [0.05, 0.1) is 23.0 Å². The topological polar surface area (TPSA) is 66.2 Å². The van der Waals surface area contributed by atoms with E-state index in [0.717, 1.165) is 30.0 Å². The number of fused-ring (bicyclic) bond motifs is 1. The van der Waals surface area contributed by atoms with Crippen molar-refractivity contribution in [2.75, 3.05) is 44.0 Å². The van der Waals surface area contributed by atoms with Crippen molar-refractivity contribution in [3.63, 3.8) is 0 Å². The number of benzene rings is 1. The summed E-state index contributed by atoms with van der Waals surface area (Å²) in [6.45, 7) is 1.89. The number of hydrogen-bond donors (Lipinski definition) is 2. The standard InChI is InChI=1S/C15H19N5/c1-18-10-12(9-17)13-7-15-14(6-11(13)8-16)19(2)4-5-20(15)3/h6-7,9-10,17-18H,4-5H2,1-3H3/b12-10+,17-9?. The second-order valence-electron chi connectivity index (χ2n) is 4.87. The van der Waals surface area contributed by atoms with Crippen LogP contribution in [0.2, 0.25) is 0 Å². The summed E-state index contributed by atoms with van der Waals surface area (Å²) in [5.41, 5.74) is 4.24. The minimum Gasteiger partial charge on any atom is -0.393 e. The van der Waals surface area contributed by atoms with Crippen LogP contribution in [0.5, 0.6) is 0 Å². The van der Waals surface area contributed by atoms with Crippen LogP contribution >= 0.6 is 0 Å². The molecule has 0 saturated carbocycles. The average molecular weight is 269 g/mol. The van der Waals surface area contributed by atoms with Crippen LogP contribution in [-0.2, 0) is 0 Å². The number of hydrogen-bond acceptors (Lipinski definition) is 5. The van der Waals surface area contributed by atoms with E-state index < -0.39 is 0 Å². The molecule has 0 atom stereocenters. The van der Waals surface area contributed by atoms with Crippen molar-refractivity contribution in [3.8, 4) is 6.07 Å². The fourth-order valence-corrected chi connectivity index (χ4v) is 2.41. The van der Waals surface area contributed by atoms with Crippen LogP contribution in [0, 0.1) is 16.7 Å². The van der Waals surface area contributed by atoms with Gasteiger partial charge >= 0.3 is 0 Å². The average Bonchev–Trinajstić information content (AvgIpc) is 2.47. The highest BCUT2D eigenvalue weighted by Gasteiger charge is 2.21. The SMILES string of the molecule is CN/C=C(\C=N)c1cc2c(cc1C#N)N(C)CCN2C. The summed E-state index contributed by atoms with van der Waals surface area (Å²) in [6.07, 6.45) is 3.01. The van der Waals surface area contributed by atoms with Crippen molar-refractivity contribution < 1.29 is 0 Å². The smallest absolute Gasteiger partial charge is 0.0999 e. The molecule has 0 unspecified atom stereocenters. The zero-order chi connectivity index (χ0) is 14.7. The first-order valence-corrected chi connectivity index (χ1v) is 6.51. The molecular formula is C15H19N5. The van der Waals surface area contributed by atoms with Gasteiger partial charge in [0.15, 0.2) is 0 Å². The van der Waals surface area contributed by atoms with E-state index in [1.165, 1.54) is 6.21 Å². The first kappa shape index (κ1) is 13.9. The van der Waals surface area contributed by atoms with E-state index >= 15 is 0 Å². The van der Waals surface area contributed by atoms with Crippen LogP contribution in [-0.4, -0.2) is 40.4 Å². The Morgan fingerprint density at radius 1 is 1.30 bits per heavy atom. The van der Waals surface area contributed by atoms with Crippen LogP contribution in [0.1, 0.15) is 11.1 Å². The van der Waals surface area contributed by atoms with Gasteiger partial charge in [0, 0.05) is 57.8 Å². The Kier molecular flexibility index (Phi) is 3.94. The summed E-state index contributed by atoms with van der Waals surface area (Å²) in [5, 5.41) is 19.8. The molecule has 0 radical (unpaired) electrons. The lowest BCUT2D eigenvalue weighted by molar-refractivity contribution is 0.797. The van der Waals surface area contributed by atoms with Gasteiger partial charge in [-0.1, -0.05) is 0 Å². The summed E-state index contributed by atoms with van der Waals surface area (Å²) in [5.74, 6) is 0. The Hall–Kier alpha value is -2.48. The lowest BCUT2D eigenvalue weighted by Gasteiger charge is -2.35. The Bertz CT molecular complexity index is 597. The van der Waals surface area contributed by atoms with E-state index in [1.54, 1.807) is 13.2 Å². The monoisotopic (exact) mass is 269 g/mol. The number of nitrogens with zero attached hydrogens (tertiary/aromatic N) is 3. The molecule has 0 amide bonds. The van der Waals surface area contributed by atoms with E-state index in [2.05, 4.69) is 21.2 Å². The zero-order valence-electron chi connectivity index (χ0n) is 12.1. The Morgan fingerprint density at radius 2 is 1.90 bits per heavy atom. The van der Waals surface area contributed by atoms with E-state index in [-0.39, 0.29) is 0 Å². The summed E-state index contributed by atoms with van der Waals surface area (Å²) in [6, 6.07) is 6.14. The molecule has 1 aliphatic heterocycles. The fraction of sp³-hybridized carbons (Fsp3) is 0.333. The van der Waals surface area contributed by atoms with Crippen molar-refractivity contribution in [2.24, 2.45) is 0 Å². The van der Waals surface area contributed by atoms with E-state index in [4.69, 9.17) is 5.41 Å². The molecule has 0 aliphatic carbocycles. The minimum atomic E-state index is 0.593. The molecule has 1 heterocycles. The van der Waals surface area contributed by atoms with Crippen molar-refractivity contribution in [3.05, 3.63) is 29.5 Å². The Morgan fingerprint density at radius 3 is 2.40 bits per heavy atom. The summed E-state index contributed by atoms with van der Waals surface area (Å²) < 4.78 is 0. The molecule has 0 saturated heterocycles. The van der Waals surface area contributed by atoms with Gasteiger partial charge in [0.1, 0.15) is 0 Å². The number of nitrogens with one attached hydrogen (secondary N) is 2. The van der Waals surface area contributed by atoms with E-state index in [9.17, 15) is 5.26 Å². The highest BCUT2D eigenvalue weighted by atomic mass is 15.2. The molecule has 5 heteroatoms. The lowest BCUT2D eigenvalue weighted by Crippen LogP contribution is -2.37. The zero-order valence-corrected chi connectivity index (χ0v) is 12.1. The molecule has 2 rings (SSSR count). The summed E-state index contributed by atoms with van der Waals surface area (Å²) in [7, 11) is 5.87. The number of nitriles is 1. The van der Waals surface area contributed by atoms with Gasteiger partial charge in [-0.05, 0) is 12.1 Å². The lowest BCUT2D eigenvalue weighted by atomic mass is 9.98. The molecule has 5 nitrogen and oxygen atoms in total. The third-order valence-electron chi connectivity index (χ3n) is 3.59. The van der Waals surface area contributed by atoms with Crippen LogP contribution < -0.4 is 15.1 Å². The van der Waals surface area contributed by atoms with Crippen LogP contribution in [0.3, 0.4) is 0 Å². The Balaban J connectivity index is 2.65. The molecule has 0 spiro atoms. The molecule has 1 aromatic rings. The molecule has 0 bridgehead atoms. The van der Waals surface area contributed by atoms with E-state index in [0.29, 0.717) is 11.1 Å². The van der Waals surface area contributed by atoms with Gasteiger partial charge in [0.2, 0.25) is 0 Å². The second-order valence-corrected chi connectivity index (χ2v) is 4.87. The van der Waals surface area contributed by atoms with Gasteiger partial charge in [-0.25, -0.2) is 0 Å². The third kappa shape index (κ3) is 2.32. The van der Waals surface area contributed by atoms with Crippen molar-refractivity contribution in [2.45, 2.75) is 0 Å². The van der Waals surface area contributed by atoms with Crippen molar-refractivity contribution >= 4 is 23.2 Å². The Labute approximate surface area is 119 Å². The van der Waals surface area contributed by atoms with Gasteiger partial charge in [0.25, 0.3) is 0 Å². The van der Waals surface area contributed by atoms with Gasteiger partial charge in [-0.3, -0.25) is 0 Å². The maximum absolute atomic E-state index is 9.38. The summed E-state index contributed by atoms with van der Waals surface area (Å²) in [4.78, 5) is 4.34. The first-order valence-electron chi connectivity index (χ1n) is 6.51. The molecular weight excluding hydrogens is 250 g/mol. The van der Waals surface area contributed by atoms with Crippen molar-refractivity contribution in [1.29, 1.82) is 10.7 Å². The van der Waals surface area contributed by atoms with E-state index in [1.807, 2.05) is 26.2 Å². The second kappa shape index (κ2) is 5.66. The predicted molar refractivity (Wildman–Crippen MR) is 83.5 cm³/mol. The van der Waals surface area contributed by atoms with Crippen LogP contribution in [0.25, 0.3) is 5.57 Å². The molecule has 1 aromatic carbocycles. The molecule has 2 N–H and O–H groups in total. The van der Waals surface area contributed by atoms with Gasteiger partial charge in [-0.15, -0.1) is 0 Å². The number of rotatable bonds is 3. The van der Waals surface area contributed by atoms with Gasteiger partial charge < -0.3 is 20.5 Å². The van der Waals surface area contributed by atoms with Crippen LogP contribution in [0.4, 0.5) is 11.4 Å².